The normalized spacial score (nSPS) is 47.5. The molecule has 4 fully saturated rings. The first kappa shape index (κ1) is 13.5. The Balaban J connectivity index is 1.28. The van der Waals surface area contributed by atoms with Crippen LogP contribution in [0.25, 0.3) is 0 Å². The summed E-state index contributed by atoms with van der Waals surface area (Å²) in [6, 6.07) is 0.773. The van der Waals surface area contributed by atoms with E-state index in [-0.39, 0.29) is 0 Å². The molecule has 0 radical (unpaired) electrons. The molecule has 2 bridgehead atoms. The lowest BCUT2D eigenvalue weighted by Gasteiger charge is -2.31. The Morgan fingerprint density at radius 3 is 2.50 bits per heavy atom. The van der Waals surface area contributed by atoms with Crippen LogP contribution in [0.3, 0.4) is 0 Å². The van der Waals surface area contributed by atoms with Gasteiger partial charge in [0.15, 0.2) is 0 Å². The fourth-order valence-corrected chi connectivity index (χ4v) is 6.34. The molecule has 0 amide bonds. The molecule has 5 unspecified atom stereocenters. The van der Waals surface area contributed by atoms with Crippen LogP contribution in [0.5, 0.6) is 0 Å². The summed E-state index contributed by atoms with van der Waals surface area (Å²) < 4.78 is 25.0. The van der Waals surface area contributed by atoms with Crippen molar-refractivity contribution in [2.75, 3.05) is 25.9 Å². The lowest BCUT2D eigenvalue weighted by atomic mass is 9.99. The van der Waals surface area contributed by atoms with Gasteiger partial charge >= 0.3 is 0 Å². The van der Waals surface area contributed by atoms with Crippen LogP contribution in [-0.2, 0) is 10.0 Å². The van der Waals surface area contributed by atoms with Crippen LogP contribution in [-0.4, -0.2) is 44.7 Å². The first-order valence-electron chi connectivity index (χ1n) is 8.22. The first-order valence-corrected chi connectivity index (χ1v) is 10.1. The van der Waals surface area contributed by atoms with Crippen molar-refractivity contribution in [1.82, 2.24) is 9.62 Å². The highest BCUT2D eigenvalue weighted by Gasteiger charge is 2.64. The number of nitrogens with one attached hydrogen (secondary N) is 1. The second-order valence-corrected chi connectivity index (χ2v) is 9.53. The van der Waals surface area contributed by atoms with E-state index >= 15 is 0 Å². The van der Waals surface area contributed by atoms with Crippen molar-refractivity contribution >= 4 is 10.0 Å². The molecule has 5 heteroatoms. The van der Waals surface area contributed by atoms with Gasteiger partial charge in [0, 0.05) is 19.1 Å². The monoisotopic (exact) mass is 298 g/mol. The van der Waals surface area contributed by atoms with Gasteiger partial charge < -0.3 is 5.32 Å². The third kappa shape index (κ3) is 2.22. The highest BCUT2D eigenvalue weighted by Crippen LogP contribution is 2.65. The standard InChI is InChI=1S/C15H26N2O2S/c1-20(18,19)17-6-2-3-10(9-17)8-16-15-13-11-4-5-12(7-11)14(13)15/h10-16H,2-9H2,1H3. The van der Waals surface area contributed by atoms with Gasteiger partial charge in [-0.15, -0.1) is 0 Å². The molecule has 114 valence electrons. The van der Waals surface area contributed by atoms with Gasteiger partial charge in [0.2, 0.25) is 10.0 Å². The fraction of sp³-hybridized carbons (Fsp3) is 1.00. The Labute approximate surface area is 122 Å². The first-order chi connectivity index (χ1) is 9.54. The molecule has 0 aromatic carbocycles. The average Bonchev–Trinajstić information content (AvgIpc) is 2.79. The van der Waals surface area contributed by atoms with Crippen LogP contribution < -0.4 is 5.32 Å². The lowest BCUT2D eigenvalue weighted by Crippen LogP contribution is -2.43. The molecule has 5 atom stereocenters. The number of piperidine rings is 1. The fourth-order valence-electron chi connectivity index (χ4n) is 5.40. The second-order valence-electron chi connectivity index (χ2n) is 7.55. The Bertz CT molecular complexity index is 476. The van der Waals surface area contributed by atoms with Gasteiger partial charge in [0.05, 0.1) is 6.26 Å². The van der Waals surface area contributed by atoms with Crippen LogP contribution >= 0.6 is 0 Å². The maximum atomic E-state index is 11.6. The van der Waals surface area contributed by atoms with E-state index < -0.39 is 10.0 Å². The lowest BCUT2D eigenvalue weighted by molar-refractivity contribution is 0.257. The summed E-state index contributed by atoms with van der Waals surface area (Å²) in [5, 5.41) is 3.78. The minimum atomic E-state index is -3.00. The van der Waals surface area contributed by atoms with Crippen molar-refractivity contribution in [3.63, 3.8) is 0 Å². The predicted octanol–water partition coefficient (Wildman–Crippen LogP) is 1.29. The second kappa shape index (κ2) is 4.68. The molecule has 4 aliphatic rings. The Morgan fingerprint density at radius 1 is 1.15 bits per heavy atom. The predicted molar refractivity (Wildman–Crippen MR) is 78.7 cm³/mol. The average molecular weight is 298 g/mol. The molecule has 4 nitrogen and oxygen atoms in total. The van der Waals surface area contributed by atoms with E-state index in [0.717, 1.165) is 49.2 Å². The van der Waals surface area contributed by atoms with Gasteiger partial charge in [0.25, 0.3) is 0 Å². The van der Waals surface area contributed by atoms with Gasteiger partial charge in [0.1, 0.15) is 0 Å². The summed E-state index contributed by atoms with van der Waals surface area (Å²) in [4.78, 5) is 0. The summed E-state index contributed by atoms with van der Waals surface area (Å²) in [5.74, 6) is 4.49. The smallest absolute Gasteiger partial charge is 0.211 e. The van der Waals surface area contributed by atoms with E-state index in [1.165, 1.54) is 31.9 Å². The summed E-state index contributed by atoms with van der Waals surface area (Å²) in [6.07, 6.45) is 7.96. The topological polar surface area (TPSA) is 49.4 Å². The number of hydrogen-bond acceptors (Lipinski definition) is 3. The van der Waals surface area contributed by atoms with Gasteiger partial charge in [-0.25, -0.2) is 12.7 Å². The van der Waals surface area contributed by atoms with E-state index in [2.05, 4.69) is 5.32 Å². The molecule has 0 aromatic heterocycles. The minimum absolute atomic E-state index is 0.512. The quantitative estimate of drug-likeness (QED) is 0.851. The number of fused-ring (bicyclic) bond motifs is 5. The molecule has 1 N–H and O–H groups in total. The Morgan fingerprint density at radius 2 is 1.85 bits per heavy atom. The molecule has 0 spiro atoms. The van der Waals surface area contributed by atoms with Gasteiger partial charge in [-0.3, -0.25) is 0 Å². The molecule has 20 heavy (non-hydrogen) atoms. The van der Waals surface area contributed by atoms with Crippen molar-refractivity contribution in [2.24, 2.45) is 29.6 Å². The van der Waals surface area contributed by atoms with E-state index in [1.807, 2.05) is 0 Å². The molecule has 0 aromatic rings. The van der Waals surface area contributed by atoms with Crippen molar-refractivity contribution in [1.29, 1.82) is 0 Å². The molecule has 3 aliphatic carbocycles. The van der Waals surface area contributed by atoms with Crippen LogP contribution in [0.15, 0.2) is 0 Å². The maximum absolute atomic E-state index is 11.6. The van der Waals surface area contributed by atoms with Gasteiger partial charge in [-0.1, -0.05) is 0 Å². The Hall–Kier alpha value is -0.130. The molecule has 4 rings (SSSR count). The molecule has 1 saturated heterocycles. The molecule has 1 heterocycles. The summed E-state index contributed by atoms with van der Waals surface area (Å²) in [5.41, 5.74) is 0. The molecular formula is C15H26N2O2S. The number of hydrogen-bond donors (Lipinski definition) is 1. The molecule has 1 aliphatic heterocycles. The van der Waals surface area contributed by atoms with Crippen LogP contribution in [0.2, 0.25) is 0 Å². The largest absolute Gasteiger partial charge is 0.313 e. The maximum Gasteiger partial charge on any atom is 0.211 e. The van der Waals surface area contributed by atoms with E-state index in [1.54, 1.807) is 4.31 Å². The zero-order chi connectivity index (χ0) is 13.9. The molecular weight excluding hydrogens is 272 g/mol. The van der Waals surface area contributed by atoms with E-state index in [0.29, 0.717) is 12.5 Å². The van der Waals surface area contributed by atoms with E-state index in [9.17, 15) is 8.42 Å². The van der Waals surface area contributed by atoms with Crippen molar-refractivity contribution < 1.29 is 8.42 Å². The van der Waals surface area contributed by atoms with Crippen LogP contribution in [0.1, 0.15) is 32.1 Å². The highest BCUT2D eigenvalue weighted by molar-refractivity contribution is 7.88. The summed E-state index contributed by atoms with van der Waals surface area (Å²) in [6.45, 7) is 2.46. The Kier molecular flexibility index (Phi) is 3.17. The van der Waals surface area contributed by atoms with Crippen molar-refractivity contribution in [3.05, 3.63) is 0 Å². The van der Waals surface area contributed by atoms with Gasteiger partial charge in [-0.2, -0.15) is 0 Å². The summed E-state index contributed by atoms with van der Waals surface area (Å²) >= 11 is 0. The van der Waals surface area contributed by atoms with Crippen molar-refractivity contribution in [2.45, 2.75) is 38.1 Å². The van der Waals surface area contributed by atoms with E-state index in [4.69, 9.17) is 0 Å². The summed E-state index contributed by atoms with van der Waals surface area (Å²) in [7, 11) is -3.00. The number of sulfonamides is 1. The zero-order valence-corrected chi connectivity index (χ0v) is 13.1. The molecule has 3 saturated carbocycles. The van der Waals surface area contributed by atoms with Crippen LogP contribution in [0, 0.1) is 29.6 Å². The highest BCUT2D eigenvalue weighted by atomic mass is 32.2. The minimum Gasteiger partial charge on any atom is -0.313 e. The third-order valence-corrected chi connectivity index (χ3v) is 7.60. The van der Waals surface area contributed by atoms with Crippen LogP contribution in [0.4, 0.5) is 0 Å². The zero-order valence-electron chi connectivity index (χ0n) is 12.3. The number of rotatable bonds is 4. The van der Waals surface area contributed by atoms with Crippen molar-refractivity contribution in [3.8, 4) is 0 Å². The third-order valence-electron chi connectivity index (χ3n) is 6.33. The number of nitrogens with zero attached hydrogens (tertiary/aromatic N) is 1. The van der Waals surface area contributed by atoms with Gasteiger partial charge in [-0.05, 0) is 68.2 Å². The SMILES string of the molecule is CS(=O)(=O)N1CCCC(CNC2C3C4CCC(C4)C23)C1.